The fraction of sp³-hybridized carbons (Fsp3) is 0.545. The Labute approximate surface area is 117 Å². The van der Waals surface area contributed by atoms with E-state index in [-0.39, 0.29) is 26.6 Å². The van der Waals surface area contributed by atoms with Crippen LogP contribution in [0.5, 0.6) is 0 Å². The van der Waals surface area contributed by atoms with Crippen LogP contribution in [0.15, 0.2) is 8.96 Å². The molecule has 6 heteroatoms. The van der Waals surface area contributed by atoms with E-state index in [1.54, 1.807) is 6.92 Å². The summed E-state index contributed by atoms with van der Waals surface area (Å²) in [6, 6.07) is 0. The zero-order chi connectivity index (χ0) is 13.0. The molecule has 17 heavy (non-hydrogen) atoms. The van der Waals surface area contributed by atoms with Crippen LogP contribution in [0.2, 0.25) is 0 Å². The second-order valence-electron chi connectivity index (χ2n) is 3.90. The van der Waals surface area contributed by atoms with Crippen molar-refractivity contribution in [3.05, 3.63) is 8.96 Å². The molecule has 0 bridgehead atoms. The molecule has 1 aliphatic heterocycles. The fourth-order valence-corrected chi connectivity index (χ4v) is 2.31. The molecule has 0 saturated heterocycles. The molecule has 1 heterocycles. The first-order valence-electron chi connectivity index (χ1n) is 5.36. The Hall–Kier alpha value is -0.490. The average molecular weight is 367 g/mol. The smallest absolute Gasteiger partial charge is 0.269 e. The summed E-state index contributed by atoms with van der Waals surface area (Å²) in [7, 11) is 0. The molecule has 4 nitrogen and oxygen atoms in total. The number of imide groups is 1. The fourth-order valence-electron chi connectivity index (χ4n) is 1.54. The third-order valence-electron chi connectivity index (χ3n) is 2.47. The molecular weight excluding hydrogens is 354 g/mol. The Balaban J connectivity index is 2.33. The summed E-state index contributed by atoms with van der Waals surface area (Å²) in [6.07, 6.45) is 2.94. The lowest BCUT2D eigenvalue weighted by atomic mass is 10.1. The maximum Gasteiger partial charge on any atom is 0.269 e. The van der Waals surface area contributed by atoms with Crippen molar-refractivity contribution in [1.29, 1.82) is 0 Å². The summed E-state index contributed by atoms with van der Waals surface area (Å²) >= 11 is 6.14. The molecule has 0 atom stereocenters. The average Bonchev–Trinajstić information content (AvgIpc) is 2.45. The Kier molecular flexibility index (Phi) is 5.52. The molecule has 0 fully saturated rings. The van der Waals surface area contributed by atoms with Crippen molar-refractivity contribution < 1.29 is 14.4 Å². The van der Waals surface area contributed by atoms with E-state index in [0.29, 0.717) is 13.0 Å². The summed E-state index contributed by atoms with van der Waals surface area (Å²) in [5.74, 6) is -0.424. The molecule has 94 valence electrons. The van der Waals surface area contributed by atoms with Crippen LogP contribution in [0.4, 0.5) is 0 Å². The third-order valence-corrected chi connectivity index (χ3v) is 4.47. The van der Waals surface area contributed by atoms with Crippen LogP contribution >= 0.6 is 31.9 Å². The van der Waals surface area contributed by atoms with Gasteiger partial charge in [0, 0.05) is 13.0 Å². The van der Waals surface area contributed by atoms with Crippen LogP contribution in [0, 0.1) is 0 Å². The number of ketones is 1. The number of hydrogen-bond donors (Lipinski definition) is 0. The van der Waals surface area contributed by atoms with E-state index < -0.39 is 0 Å². The summed E-state index contributed by atoms with van der Waals surface area (Å²) < 4.78 is 0.567. The zero-order valence-electron chi connectivity index (χ0n) is 9.46. The van der Waals surface area contributed by atoms with Crippen LogP contribution in [0.1, 0.15) is 32.6 Å². The number of carbonyl (C=O) groups is 3. The predicted molar refractivity (Wildman–Crippen MR) is 70.7 cm³/mol. The van der Waals surface area contributed by atoms with Crippen molar-refractivity contribution in [3.8, 4) is 0 Å². The van der Waals surface area contributed by atoms with Crippen LogP contribution < -0.4 is 0 Å². The Morgan fingerprint density at radius 2 is 1.59 bits per heavy atom. The molecule has 0 aliphatic carbocycles. The first-order valence-corrected chi connectivity index (χ1v) is 6.94. The minimum absolute atomic E-state index is 0.172. The van der Waals surface area contributed by atoms with Crippen molar-refractivity contribution in [3.63, 3.8) is 0 Å². The van der Waals surface area contributed by atoms with Crippen LogP contribution in [-0.4, -0.2) is 29.0 Å². The first kappa shape index (κ1) is 14.6. The highest BCUT2D eigenvalue weighted by molar-refractivity contribution is 9.14. The lowest BCUT2D eigenvalue weighted by Crippen LogP contribution is -2.32. The number of unbranched alkanes of at least 4 members (excludes halogenated alkanes) is 2. The van der Waals surface area contributed by atoms with Crippen LogP contribution in [0.25, 0.3) is 0 Å². The molecule has 0 aromatic heterocycles. The van der Waals surface area contributed by atoms with E-state index in [4.69, 9.17) is 0 Å². The molecule has 2 amide bonds. The molecule has 1 rings (SSSR count). The van der Waals surface area contributed by atoms with E-state index >= 15 is 0 Å². The molecule has 0 aromatic carbocycles. The van der Waals surface area contributed by atoms with Gasteiger partial charge < -0.3 is 4.79 Å². The van der Waals surface area contributed by atoms with Gasteiger partial charge in [0.25, 0.3) is 11.8 Å². The zero-order valence-corrected chi connectivity index (χ0v) is 12.6. The van der Waals surface area contributed by atoms with E-state index in [1.165, 1.54) is 4.90 Å². The Bertz CT molecular complexity index is 366. The van der Waals surface area contributed by atoms with Crippen molar-refractivity contribution in [1.82, 2.24) is 4.90 Å². The summed E-state index contributed by atoms with van der Waals surface area (Å²) in [6.45, 7) is 1.96. The van der Waals surface area contributed by atoms with Gasteiger partial charge in [0.2, 0.25) is 0 Å². The maximum atomic E-state index is 11.6. The molecule has 0 unspecified atom stereocenters. The molecular formula is C11H13Br2NO3. The second kappa shape index (κ2) is 6.44. The predicted octanol–water partition coefficient (Wildman–Crippen LogP) is 2.51. The summed E-state index contributed by atoms with van der Waals surface area (Å²) in [5, 5.41) is 0. The van der Waals surface area contributed by atoms with E-state index in [2.05, 4.69) is 31.9 Å². The minimum Gasteiger partial charge on any atom is -0.300 e. The van der Waals surface area contributed by atoms with Gasteiger partial charge in [-0.05, 0) is 51.6 Å². The lowest BCUT2D eigenvalue weighted by molar-refractivity contribution is -0.137. The standard InChI is InChI=1S/C11H13Br2NO3/c1-7(15)5-3-2-4-6-14-10(16)8(12)9(13)11(14)17/h2-6H2,1H3. The number of rotatable bonds is 6. The van der Waals surface area contributed by atoms with Gasteiger partial charge >= 0.3 is 0 Å². The number of Topliss-reactive ketones (excluding diaryl/α,β-unsaturated/α-hetero) is 1. The van der Waals surface area contributed by atoms with Crippen molar-refractivity contribution in [2.24, 2.45) is 0 Å². The van der Waals surface area contributed by atoms with Crippen molar-refractivity contribution in [2.45, 2.75) is 32.6 Å². The lowest BCUT2D eigenvalue weighted by Gasteiger charge is -2.13. The van der Waals surface area contributed by atoms with Gasteiger partial charge in [0.1, 0.15) is 14.7 Å². The highest BCUT2D eigenvalue weighted by Gasteiger charge is 2.35. The highest BCUT2D eigenvalue weighted by atomic mass is 79.9. The summed E-state index contributed by atoms with van der Waals surface area (Å²) in [4.78, 5) is 35.2. The molecule has 0 spiro atoms. The minimum atomic E-state index is -0.298. The van der Waals surface area contributed by atoms with Gasteiger partial charge in [-0.25, -0.2) is 0 Å². The van der Waals surface area contributed by atoms with Gasteiger partial charge in [-0.2, -0.15) is 0 Å². The van der Waals surface area contributed by atoms with Crippen LogP contribution in [-0.2, 0) is 14.4 Å². The Morgan fingerprint density at radius 3 is 2.06 bits per heavy atom. The summed E-state index contributed by atoms with van der Waals surface area (Å²) in [5.41, 5.74) is 0. The number of carbonyl (C=O) groups excluding carboxylic acids is 3. The van der Waals surface area contributed by atoms with Gasteiger partial charge in [0.05, 0.1) is 0 Å². The highest BCUT2D eigenvalue weighted by Crippen LogP contribution is 2.29. The van der Waals surface area contributed by atoms with Crippen LogP contribution in [0.3, 0.4) is 0 Å². The third kappa shape index (κ3) is 3.74. The molecule has 0 radical (unpaired) electrons. The number of amides is 2. The van der Waals surface area contributed by atoms with Gasteiger partial charge in [-0.15, -0.1) is 0 Å². The number of halogens is 2. The van der Waals surface area contributed by atoms with Crippen molar-refractivity contribution >= 4 is 49.5 Å². The molecule has 0 aromatic rings. The van der Waals surface area contributed by atoms with Gasteiger partial charge in [-0.3, -0.25) is 14.5 Å². The monoisotopic (exact) mass is 365 g/mol. The van der Waals surface area contributed by atoms with Gasteiger partial charge in [-0.1, -0.05) is 6.42 Å². The second-order valence-corrected chi connectivity index (χ2v) is 5.49. The van der Waals surface area contributed by atoms with Crippen molar-refractivity contribution in [2.75, 3.05) is 6.54 Å². The Morgan fingerprint density at radius 1 is 1.06 bits per heavy atom. The number of hydrogen-bond acceptors (Lipinski definition) is 3. The molecule has 0 N–H and O–H groups in total. The van der Waals surface area contributed by atoms with E-state index in [1.807, 2.05) is 0 Å². The first-order chi connectivity index (χ1) is 7.95. The molecule has 0 saturated carbocycles. The van der Waals surface area contributed by atoms with E-state index in [0.717, 1.165) is 19.3 Å². The number of nitrogens with zero attached hydrogens (tertiary/aromatic N) is 1. The quantitative estimate of drug-likeness (QED) is 0.536. The topological polar surface area (TPSA) is 54.5 Å². The van der Waals surface area contributed by atoms with E-state index in [9.17, 15) is 14.4 Å². The normalized spacial score (nSPS) is 16.1. The van der Waals surface area contributed by atoms with Gasteiger partial charge in [0.15, 0.2) is 0 Å². The SMILES string of the molecule is CC(=O)CCCCCN1C(=O)C(Br)=C(Br)C1=O. The maximum absolute atomic E-state index is 11.6. The molecule has 1 aliphatic rings. The largest absolute Gasteiger partial charge is 0.300 e.